The van der Waals surface area contributed by atoms with Crippen molar-refractivity contribution in [2.24, 2.45) is 0 Å². The van der Waals surface area contributed by atoms with Gasteiger partial charge in [-0.1, -0.05) is 141 Å². The van der Waals surface area contributed by atoms with Gasteiger partial charge in [0.2, 0.25) is 0 Å². The monoisotopic (exact) mass is 574 g/mol. The molecular weight excluding hydrogens is 544 g/mol. The Morgan fingerprint density at radius 1 is 0.400 bits per heavy atom. The Bertz CT molecular complexity index is 2420. The molecule has 45 heavy (non-hydrogen) atoms. The van der Waals surface area contributed by atoms with E-state index in [0.29, 0.717) is 0 Å². The molecule has 0 saturated carbocycles. The molecule has 0 amide bonds. The molecule has 2 nitrogen and oxygen atoms in total. The van der Waals surface area contributed by atoms with Gasteiger partial charge in [-0.15, -0.1) is 10.2 Å². The van der Waals surface area contributed by atoms with Gasteiger partial charge in [0.25, 0.3) is 0 Å². The van der Waals surface area contributed by atoms with Crippen LogP contribution < -0.4 is 0 Å². The largest absolute Gasteiger partial charge is 0.150 e. The van der Waals surface area contributed by atoms with E-state index in [1.165, 1.54) is 65.7 Å². The summed E-state index contributed by atoms with van der Waals surface area (Å²) in [5.41, 5.74) is 11.8. The molecule has 0 aliphatic heterocycles. The second kappa shape index (κ2) is 9.70. The van der Waals surface area contributed by atoms with E-state index in [9.17, 15) is 0 Å². The fourth-order valence-electron chi connectivity index (χ4n) is 7.63. The van der Waals surface area contributed by atoms with Crippen LogP contribution in [0.1, 0.15) is 25.0 Å². The van der Waals surface area contributed by atoms with E-state index in [1.807, 2.05) is 24.3 Å². The zero-order valence-corrected chi connectivity index (χ0v) is 25.3. The van der Waals surface area contributed by atoms with Gasteiger partial charge in [0.1, 0.15) is 0 Å². The highest BCUT2D eigenvalue weighted by Gasteiger charge is 2.40. The van der Waals surface area contributed by atoms with Crippen molar-refractivity contribution < 1.29 is 0 Å². The molecule has 0 fully saturated rings. The van der Waals surface area contributed by atoms with Crippen LogP contribution in [0.15, 0.2) is 146 Å². The van der Waals surface area contributed by atoms with Crippen LogP contribution >= 0.6 is 0 Å². The number of hydrogen-bond donors (Lipinski definition) is 0. The normalized spacial score (nSPS) is 13.3. The van der Waals surface area contributed by atoms with Crippen molar-refractivity contribution in [1.82, 2.24) is 10.2 Å². The molecule has 1 heterocycles. The molecular formula is C43H30N2. The van der Waals surface area contributed by atoms with Crippen LogP contribution in [0.2, 0.25) is 0 Å². The zero-order valence-electron chi connectivity index (χ0n) is 25.3. The number of benzene rings is 7. The summed E-state index contributed by atoms with van der Waals surface area (Å²) in [6, 6.07) is 52.4. The maximum atomic E-state index is 4.57. The predicted octanol–water partition coefficient (Wildman–Crippen LogP) is 11.2. The summed E-state index contributed by atoms with van der Waals surface area (Å²) in [4.78, 5) is 0. The Morgan fingerprint density at radius 2 is 0.867 bits per heavy atom. The molecule has 8 aromatic rings. The molecule has 0 bridgehead atoms. The summed E-state index contributed by atoms with van der Waals surface area (Å²) in [7, 11) is 0. The molecule has 212 valence electrons. The SMILES string of the molecule is CC1(C)c2cc(-c3ccc(-c4ccc(-c5ccccc5)nn4)cc3)c3ccccc3c2-c2c1c1ccccc1c1ccccc21. The van der Waals surface area contributed by atoms with Gasteiger partial charge < -0.3 is 0 Å². The van der Waals surface area contributed by atoms with E-state index in [2.05, 4.69) is 145 Å². The first-order valence-corrected chi connectivity index (χ1v) is 15.6. The minimum absolute atomic E-state index is 0.164. The van der Waals surface area contributed by atoms with Crippen LogP contribution in [0.4, 0.5) is 0 Å². The summed E-state index contributed by atoms with van der Waals surface area (Å²) in [6.45, 7) is 4.80. The molecule has 0 spiro atoms. The summed E-state index contributed by atoms with van der Waals surface area (Å²) in [6.07, 6.45) is 0. The van der Waals surface area contributed by atoms with E-state index < -0.39 is 0 Å². The third-order valence-corrected chi connectivity index (χ3v) is 9.75. The van der Waals surface area contributed by atoms with Crippen molar-refractivity contribution in [3.8, 4) is 44.8 Å². The molecule has 1 aromatic heterocycles. The summed E-state index contributed by atoms with van der Waals surface area (Å²) in [5, 5.41) is 17.0. The molecule has 9 rings (SSSR count). The van der Waals surface area contributed by atoms with Gasteiger partial charge in [0.15, 0.2) is 0 Å². The fourth-order valence-corrected chi connectivity index (χ4v) is 7.63. The van der Waals surface area contributed by atoms with Crippen molar-refractivity contribution in [1.29, 1.82) is 0 Å². The van der Waals surface area contributed by atoms with Crippen molar-refractivity contribution in [2.75, 3.05) is 0 Å². The third-order valence-electron chi connectivity index (χ3n) is 9.75. The highest BCUT2D eigenvalue weighted by molar-refractivity contribution is 6.22. The average Bonchev–Trinajstić information content (AvgIpc) is 3.35. The van der Waals surface area contributed by atoms with E-state index in [0.717, 1.165) is 22.5 Å². The van der Waals surface area contributed by atoms with Gasteiger partial charge >= 0.3 is 0 Å². The smallest absolute Gasteiger partial charge is 0.0930 e. The molecule has 7 aromatic carbocycles. The first kappa shape index (κ1) is 25.9. The Hall–Kier alpha value is -5.60. The molecule has 2 heteroatoms. The van der Waals surface area contributed by atoms with Gasteiger partial charge in [-0.3, -0.25) is 0 Å². The summed E-state index contributed by atoms with van der Waals surface area (Å²) < 4.78 is 0. The lowest BCUT2D eigenvalue weighted by Crippen LogP contribution is -2.16. The number of aromatic nitrogens is 2. The van der Waals surface area contributed by atoms with Crippen LogP contribution in [0.25, 0.3) is 77.1 Å². The maximum absolute atomic E-state index is 4.57. The third kappa shape index (κ3) is 3.82. The molecule has 0 N–H and O–H groups in total. The van der Waals surface area contributed by atoms with E-state index in [4.69, 9.17) is 0 Å². The Balaban J connectivity index is 1.21. The van der Waals surface area contributed by atoms with E-state index in [-0.39, 0.29) is 5.41 Å². The summed E-state index contributed by atoms with van der Waals surface area (Å²) in [5.74, 6) is 0. The number of nitrogens with zero attached hydrogens (tertiary/aromatic N) is 2. The first-order valence-electron chi connectivity index (χ1n) is 15.6. The second-order valence-electron chi connectivity index (χ2n) is 12.6. The van der Waals surface area contributed by atoms with Gasteiger partial charge in [0, 0.05) is 16.5 Å². The van der Waals surface area contributed by atoms with Crippen LogP contribution in [-0.4, -0.2) is 10.2 Å². The van der Waals surface area contributed by atoms with Gasteiger partial charge in [-0.25, -0.2) is 0 Å². The second-order valence-corrected chi connectivity index (χ2v) is 12.6. The number of fused-ring (bicyclic) bond motifs is 10. The predicted molar refractivity (Wildman–Crippen MR) is 188 cm³/mol. The van der Waals surface area contributed by atoms with Crippen LogP contribution in [0, 0.1) is 0 Å². The Morgan fingerprint density at radius 3 is 1.49 bits per heavy atom. The molecule has 0 radical (unpaired) electrons. The highest BCUT2D eigenvalue weighted by Crippen LogP contribution is 2.57. The molecule has 0 saturated heterocycles. The van der Waals surface area contributed by atoms with Crippen LogP contribution in [0.5, 0.6) is 0 Å². The van der Waals surface area contributed by atoms with Crippen LogP contribution in [-0.2, 0) is 5.41 Å². The minimum atomic E-state index is -0.164. The molecule has 1 aliphatic rings. The number of rotatable bonds is 3. The van der Waals surface area contributed by atoms with Crippen LogP contribution in [0.3, 0.4) is 0 Å². The Labute approximate surface area is 262 Å². The Kier molecular flexibility index (Phi) is 5.58. The average molecular weight is 575 g/mol. The lowest BCUT2D eigenvalue weighted by Gasteiger charge is -2.24. The minimum Gasteiger partial charge on any atom is -0.150 e. The van der Waals surface area contributed by atoms with Gasteiger partial charge in [0.05, 0.1) is 11.4 Å². The topological polar surface area (TPSA) is 25.8 Å². The lowest BCUT2D eigenvalue weighted by atomic mass is 9.78. The molecule has 0 atom stereocenters. The lowest BCUT2D eigenvalue weighted by molar-refractivity contribution is 0.667. The van der Waals surface area contributed by atoms with Crippen molar-refractivity contribution in [3.63, 3.8) is 0 Å². The quantitative estimate of drug-likeness (QED) is 0.196. The maximum Gasteiger partial charge on any atom is 0.0930 e. The van der Waals surface area contributed by atoms with Crippen molar-refractivity contribution in [3.05, 3.63) is 157 Å². The van der Waals surface area contributed by atoms with E-state index in [1.54, 1.807) is 0 Å². The highest BCUT2D eigenvalue weighted by atomic mass is 15.1. The fraction of sp³-hybridized carbons (Fsp3) is 0.0698. The van der Waals surface area contributed by atoms with Crippen molar-refractivity contribution in [2.45, 2.75) is 19.3 Å². The zero-order chi connectivity index (χ0) is 30.1. The van der Waals surface area contributed by atoms with Gasteiger partial charge in [-0.2, -0.15) is 0 Å². The van der Waals surface area contributed by atoms with Crippen molar-refractivity contribution >= 4 is 32.3 Å². The number of hydrogen-bond acceptors (Lipinski definition) is 2. The first-order chi connectivity index (χ1) is 22.1. The van der Waals surface area contributed by atoms with E-state index >= 15 is 0 Å². The molecule has 1 aliphatic carbocycles. The summed E-state index contributed by atoms with van der Waals surface area (Å²) >= 11 is 0. The van der Waals surface area contributed by atoms with Gasteiger partial charge in [-0.05, 0) is 83.9 Å². The standard InChI is InChI=1S/C43H30N2/c1-43(2)37-26-36(27-20-22-29(23-21-27)39-25-24-38(44-45-39)28-12-4-3-5-13-28)32-16-7-9-17-33(32)40(37)41-34-18-10-6-14-30(34)31-15-8-11-19-35(31)42(41)43/h3-26H,1-2H3. The molecule has 0 unspecified atom stereocenters.